The van der Waals surface area contributed by atoms with Crippen LogP contribution in [0, 0.1) is 6.92 Å². The summed E-state index contributed by atoms with van der Waals surface area (Å²) in [6.45, 7) is 3.91. The van der Waals surface area contributed by atoms with Crippen LogP contribution in [0.25, 0.3) is 0 Å². The smallest absolute Gasteiger partial charge is 0.303 e. The van der Waals surface area contributed by atoms with Crippen molar-refractivity contribution in [3.8, 4) is 5.75 Å². The van der Waals surface area contributed by atoms with Gasteiger partial charge in [0.05, 0.1) is 17.1 Å². The van der Waals surface area contributed by atoms with Gasteiger partial charge in [-0.05, 0) is 36.3 Å². The molecule has 3 rings (SSSR count). The number of halogens is 1. The molecule has 2 aliphatic heterocycles. The Bertz CT molecular complexity index is 995. The fourth-order valence-corrected chi connectivity index (χ4v) is 3.44. The van der Waals surface area contributed by atoms with E-state index >= 15 is 0 Å². The van der Waals surface area contributed by atoms with Crippen LogP contribution in [0.1, 0.15) is 24.5 Å². The van der Waals surface area contributed by atoms with Crippen molar-refractivity contribution >= 4 is 43.0 Å². The summed E-state index contributed by atoms with van der Waals surface area (Å²) in [5, 5.41) is 10.6. The van der Waals surface area contributed by atoms with E-state index in [1.54, 1.807) is 6.92 Å². The minimum Gasteiger partial charge on any atom is -0.493 e. The number of benzene rings is 1. The molecule has 130 valence electrons. The number of carbonyl (C=O) groups is 1. The SMILES string of the molecule is CCCOc1cc(C)c(S(=O)(=O)Cl)cc1C1=NC(=O)C2=NN=NC2=N1. The molecule has 0 aliphatic carbocycles. The van der Waals surface area contributed by atoms with Crippen molar-refractivity contribution in [3.63, 3.8) is 0 Å². The van der Waals surface area contributed by atoms with E-state index in [1.165, 1.54) is 12.1 Å². The molecule has 0 atom stereocenters. The zero-order valence-electron chi connectivity index (χ0n) is 13.2. The van der Waals surface area contributed by atoms with Gasteiger partial charge < -0.3 is 4.74 Å². The number of ether oxygens (including phenoxy) is 1. The third kappa shape index (κ3) is 3.35. The van der Waals surface area contributed by atoms with Crippen LogP contribution >= 0.6 is 10.7 Å². The molecule has 0 N–H and O–H groups in total. The largest absolute Gasteiger partial charge is 0.493 e. The standard InChI is InChI=1S/C14H12ClN5O4S/c1-3-4-24-9-5-7(2)10(25(15,22)23)6-8(9)12-16-13-11(14(21)17-12)18-20-19-13/h5-6H,3-4H2,1-2H3. The average molecular weight is 382 g/mol. The summed E-state index contributed by atoms with van der Waals surface area (Å²) < 4.78 is 29.2. The minimum absolute atomic E-state index is 0.0206. The Kier molecular flexibility index (Phi) is 4.48. The highest BCUT2D eigenvalue weighted by molar-refractivity contribution is 8.13. The summed E-state index contributed by atoms with van der Waals surface area (Å²) in [5.74, 6) is -0.336. The molecule has 0 saturated carbocycles. The molecule has 11 heteroatoms. The van der Waals surface area contributed by atoms with Crippen LogP contribution in [-0.2, 0) is 13.8 Å². The molecule has 1 amide bonds. The van der Waals surface area contributed by atoms with Gasteiger partial charge in [0.2, 0.25) is 11.5 Å². The molecule has 0 spiro atoms. The van der Waals surface area contributed by atoms with Crippen molar-refractivity contribution < 1.29 is 17.9 Å². The van der Waals surface area contributed by atoms with E-state index in [-0.39, 0.29) is 27.8 Å². The number of rotatable bonds is 5. The van der Waals surface area contributed by atoms with Crippen LogP contribution < -0.4 is 4.74 Å². The molecule has 0 fully saturated rings. The van der Waals surface area contributed by atoms with Crippen molar-refractivity contribution in [1.29, 1.82) is 0 Å². The monoisotopic (exact) mass is 381 g/mol. The molecule has 1 aromatic rings. The number of nitrogens with zero attached hydrogens (tertiary/aromatic N) is 5. The van der Waals surface area contributed by atoms with Gasteiger partial charge in [0.15, 0.2) is 5.84 Å². The van der Waals surface area contributed by atoms with Crippen LogP contribution in [0.3, 0.4) is 0 Å². The topological polar surface area (TPSA) is 122 Å². The lowest BCUT2D eigenvalue weighted by Crippen LogP contribution is -2.26. The highest BCUT2D eigenvalue weighted by atomic mass is 35.7. The Morgan fingerprint density at radius 1 is 1.20 bits per heavy atom. The first-order chi connectivity index (χ1) is 11.8. The second-order valence-corrected chi connectivity index (χ2v) is 7.75. The van der Waals surface area contributed by atoms with Gasteiger partial charge in [-0.2, -0.15) is 4.99 Å². The fourth-order valence-electron chi connectivity index (χ4n) is 2.24. The summed E-state index contributed by atoms with van der Waals surface area (Å²) in [5.41, 5.74) is 0.570. The summed E-state index contributed by atoms with van der Waals surface area (Å²) in [4.78, 5) is 19.9. The van der Waals surface area contributed by atoms with Gasteiger partial charge in [-0.15, -0.1) is 10.2 Å². The second kappa shape index (κ2) is 6.45. The van der Waals surface area contributed by atoms with Crippen molar-refractivity contribution in [2.75, 3.05) is 6.61 Å². The minimum atomic E-state index is -4.00. The Balaban J connectivity index is 2.18. The lowest BCUT2D eigenvalue weighted by molar-refractivity contribution is -0.111. The first-order valence-corrected chi connectivity index (χ1v) is 9.55. The van der Waals surface area contributed by atoms with Gasteiger partial charge >= 0.3 is 5.91 Å². The maximum Gasteiger partial charge on any atom is 0.303 e. The zero-order valence-corrected chi connectivity index (χ0v) is 14.8. The van der Waals surface area contributed by atoms with Crippen LogP contribution in [0.2, 0.25) is 0 Å². The Hall–Kier alpha value is -2.46. The zero-order chi connectivity index (χ0) is 18.2. The average Bonchev–Trinajstić information content (AvgIpc) is 3.00. The quantitative estimate of drug-likeness (QED) is 0.725. The van der Waals surface area contributed by atoms with Gasteiger partial charge in [0, 0.05) is 10.7 Å². The molecule has 0 bridgehead atoms. The van der Waals surface area contributed by atoms with E-state index in [2.05, 4.69) is 25.4 Å². The van der Waals surface area contributed by atoms with E-state index in [9.17, 15) is 13.2 Å². The first kappa shape index (κ1) is 17.4. The molecular formula is C14H12ClN5O4S. The van der Waals surface area contributed by atoms with Gasteiger partial charge in [0.1, 0.15) is 5.75 Å². The molecule has 2 aliphatic rings. The molecule has 2 heterocycles. The number of amidine groups is 2. The highest BCUT2D eigenvalue weighted by Gasteiger charge is 2.30. The lowest BCUT2D eigenvalue weighted by atomic mass is 10.1. The van der Waals surface area contributed by atoms with Gasteiger partial charge in [-0.1, -0.05) is 6.92 Å². The Labute approximate surface area is 147 Å². The third-order valence-electron chi connectivity index (χ3n) is 3.36. The van der Waals surface area contributed by atoms with Crippen LogP contribution in [0.4, 0.5) is 0 Å². The van der Waals surface area contributed by atoms with Gasteiger partial charge in [0.25, 0.3) is 9.05 Å². The fraction of sp³-hybridized carbons (Fsp3) is 0.286. The van der Waals surface area contributed by atoms with Crippen LogP contribution in [-0.4, -0.2) is 38.3 Å². The maximum atomic E-state index is 12.0. The predicted octanol–water partition coefficient (Wildman–Crippen LogP) is 2.22. The molecule has 0 aromatic heterocycles. The lowest BCUT2D eigenvalue weighted by Gasteiger charge is -2.15. The summed E-state index contributed by atoms with van der Waals surface area (Å²) >= 11 is 0. The van der Waals surface area contributed by atoms with E-state index in [0.29, 0.717) is 17.9 Å². The molecule has 0 unspecified atom stereocenters. The predicted molar refractivity (Wildman–Crippen MR) is 91.3 cm³/mol. The molecule has 0 radical (unpaired) electrons. The Morgan fingerprint density at radius 2 is 1.96 bits per heavy atom. The third-order valence-corrected chi connectivity index (χ3v) is 4.82. The number of hydrogen-bond acceptors (Lipinski definition) is 8. The molecule has 1 aromatic carbocycles. The van der Waals surface area contributed by atoms with E-state index in [4.69, 9.17) is 15.4 Å². The van der Waals surface area contributed by atoms with Crippen molar-refractivity contribution in [2.24, 2.45) is 25.4 Å². The Morgan fingerprint density at radius 3 is 2.64 bits per heavy atom. The van der Waals surface area contributed by atoms with Crippen molar-refractivity contribution in [1.82, 2.24) is 0 Å². The number of hydrogen-bond donors (Lipinski definition) is 0. The molecule has 9 nitrogen and oxygen atoms in total. The number of fused-ring (bicyclic) bond motifs is 1. The molecular weight excluding hydrogens is 370 g/mol. The van der Waals surface area contributed by atoms with E-state index < -0.39 is 15.0 Å². The van der Waals surface area contributed by atoms with E-state index in [1.807, 2.05) is 6.92 Å². The number of carbonyl (C=O) groups excluding carboxylic acids is 1. The molecule has 0 saturated heterocycles. The van der Waals surface area contributed by atoms with Crippen molar-refractivity contribution in [3.05, 3.63) is 23.3 Å². The normalized spacial score (nSPS) is 16.3. The number of aliphatic imine (C=N–C) groups is 2. The first-order valence-electron chi connectivity index (χ1n) is 7.24. The highest BCUT2D eigenvalue weighted by Crippen LogP contribution is 2.30. The van der Waals surface area contributed by atoms with Crippen molar-refractivity contribution in [2.45, 2.75) is 25.2 Å². The maximum absolute atomic E-state index is 12.0. The van der Waals surface area contributed by atoms with Crippen LogP contribution in [0.5, 0.6) is 5.75 Å². The van der Waals surface area contributed by atoms with E-state index in [0.717, 1.165) is 6.42 Å². The number of amides is 1. The van der Waals surface area contributed by atoms with Gasteiger partial charge in [-0.3, -0.25) is 4.79 Å². The number of aryl methyl sites for hydroxylation is 1. The van der Waals surface area contributed by atoms with Gasteiger partial charge in [-0.25, -0.2) is 13.4 Å². The summed E-state index contributed by atoms with van der Waals surface area (Å²) in [6.07, 6.45) is 0.735. The summed E-state index contributed by atoms with van der Waals surface area (Å²) in [7, 11) is 1.48. The molecule has 25 heavy (non-hydrogen) atoms. The van der Waals surface area contributed by atoms with Crippen LogP contribution in [0.15, 0.2) is 42.5 Å². The summed E-state index contributed by atoms with van der Waals surface area (Å²) in [6, 6.07) is 2.81. The second-order valence-electron chi connectivity index (χ2n) is 5.21.